The van der Waals surface area contributed by atoms with Gasteiger partial charge in [-0.15, -0.1) is 0 Å². The molecule has 1 aliphatic heterocycles. The summed E-state index contributed by atoms with van der Waals surface area (Å²) in [6, 6.07) is 32.1. The predicted octanol–water partition coefficient (Wildman–Crippen LogP) is 6.75. The van der Waals surface area contributed by atoms with Gasteiger partial charge in [-0.1, -0.05) is 97.9 Å². The molecule has 3 aromatic rings. The lowest BCUT2D eigenvalue weighted by Gasteiger charge is -2.35. The van der Waals surface area contributed by atoms with Crippen LogP contribution >= 0.6 is 6.89 Å². The average molecular weight is 431 g/mol. The Kier molecular flexibility index (Phi) is 6.21. The fraction of sp³-hybridized carbons (Fsp3) is 0.286. The number of hydrogen-bond acceptors (Lipinski definition) is 2. The molecule has 3 aromatic carbocycles. The second-order valence-electron chi connectivity index (χ2n) is 9.26. The highest BCUT2D eigenvalue weighted by molar-refractivity contribution is 7.83. The van der Waals surface area contributed by atoms with E-state index in [0.717, 1.165) is 12.8 Å². The summed E-state index contributed by atoms with van der Waals surface area (Å²) in [4.78, 5) is 13.3. The van der Waals surface area contributed by atoms with E-state index < -0.39 is 12.5 Å². The Morgan fingerprint density at radius 3 is 1.61 bits per heavy atom. The number of carbonyl (C=O) groups is 1. The lowest BCUT2D eigenvalue weighted by atomic mass is 10.0. The summed E-state index contributed by atoms with van der Waals surface area (Å²) in [5.41, 5.74) is 2.72. The Hall–Kier alpha value is -2.57. The van der Waals surface area contributed by atoms with Gasteiger partial charge in [0.2, 0.25) is 0 Å². The summed E-state index contributed by atoms with van der Waals surface area (Å²) in [6.45, 7) is 3.70. The molecule has 0 radical (unpaired) electrons. The Bertz CT molecular complexity index is 1010. The summed E-state index contributed by atoms with van der Waals surface area (Å²) >= 11 is 0. The van der Waals surface area contributed by atoms with Crippen LogP contribution in [0.25, 0.3) is 0 Å². The topological polar surface area (TPSA) is 26.3 Å². The monoisotopic (exact) mass is 430 g/mol. The van der Waals surface area contributed by atoms with Crippen molar-refractivity contribution in [1.82, 2.24) is 0 Å². The van der Waals surface area contributed by atoms with E-state index in [4.69, 9.17) is 4.74 Å². The molecule has 2 atom stereocenters. The number of rotatable bonds is 4. The summed E-state index contributed by atoms with van der Waals surface area (Å²) in [5, 5.41) is 1.28. The maximum Gasteiger partial charge on any atom is 0.331 e. The van der Waals surface area contributed by atoms with E-state index in [1.54, 1.807) is 0 Å². The van der Waals surface area contributed by atoms with Gasteiger partial charge in [-0.25, -0.2) is 4.79 Å². The van der Waals surface area contributed by atoms with Crippen molar-refractivity contribution in [2.45, 2.75) is 50.5 Å². The Balaban J connectivity index is 1.98. The van der Waals surface area contributed by atoms with Crippen LogP contribution in [0, 0.1) is 0 Å². The molecule has 160 valence electrons. The van der Waals surface area contributed by atoms with Gasteiger partial charge >= 0.3 is 5.97 Å². The Labute approximate surface area is 186 Å². The number of esters is 1. The minimum absolute atomic E-state index is 0.201. The molecule has 0 amide bonds. The predicted molar refractivity (Wildman–Crippen MR) is 133 cm³/mol. The number of ether oxygens (including phenoxy) is 1. The van der Waals surface area contributed by atoms with Gasteiger partial charge in [0, 0.05) is 17.1 Å². The van der Waals surface area contributed by atoms with Gasteiger partial charge in [-0.2, -0.15) is 0 Å². The normalized spacial score (nSPS) is 20.2. The van der Waals surface area contributed by atoms with Crippen LogP contribution in [0.2, 0.25) is 0 Å². The highest BCUT2D eigenvalue weighted by Crippen LogP contribution is 2.76. The second-order valence-corrected chi connectivity index (χ2v) is 13.0. The van der Waals surface area contributed by atoms with Crippen LogP contribution in [0.15, 0.2) is 91.0 Å². The first-order valence-electron chi connectivity index (χ1n) is 11.0. The smallest absolute Gasteiger partial charge is 0.331 e. The van der Waals surface area contributed by atoms with Crippen LogP contribution in [0.3, 0.4) is 0 Å². The van der Waals surface area contributed by atoms with Gasteiger partial charge in [0.25, 0.3) is 0 Å². The lowest BCUT2D eigenvalue weighted by molar-refractivity contribution is -0.145. The summed E-state index contributed by atoms with van der Waals surface area (Å²) in [5.74, 6) is 1.80. The molecule has 0 spiro atoms. The van der Waals surface area contributed by atoms with Crippen molar-refractivity contribution in [1.29, 1.82) is 0 Å². The van der Waals surface area contributed by atoms with Crippen LogP contribution in [0.5, 0.6) is 0 Å². The SMILES string of the molecule is CC(C)(C)OC(=O)C=P1(c2ccccc2)[C@H](c2ccccc2)CC[C@H]1c1ccccc1. The van der Waals surface area contributed by atoms with E-state index in [2.05, 4.69) is 91.0 Å². The molecule has 0 aromatic heterocycles. The van der Waals surface area contributed by atoms with E-state index in [1.807, 2.05) is 26.6 Å². The number of benzene rings is 3. The zero-order chi connectivity index (χ0) is 21.9. The molecular weight excluding hydrogens is 399 g/mol. The van der Waals surface area contributed by atoms with Crippen molar-refractivity contribution in [3.63, 3.8) is 0 Å². The molecule has 31 heavy (non-hydrogen) atoms. The largest absolute Gasteiger partial charge is 0.457 e. The van der Waals surface area contributed by atoms with Crippen molar-refractivity contribution in [2.24, 2.45) is 0 Å². The third-order valence-electron chi connectivity index (χ3n) is 6.04. The minimum Gasteiger partial charge on any atom is -0.457 e. The van der Waals surface area contributed by atoms with Crippen LogP contribution in [0.1, 0.15) is 56.1 Å². The molecular formula is C28H31O2P. The molecule has 3 heteroatoms. The highest BCUT2D eigenvalue weighted by atomic mass is 31.2. The van der Waals surface area contributed by atoms with E-state index in [0.29, 0.717) is 11.3 Å². The summed E-state index contributed by atoms with van der Waals surface area (Å²) in [7, 11) is 0. The van der Waals surface area contributed by atoms with Crippen LogP contribution < -0.4 is 5.30 Å². The van der Waals surface area contributed by atoms with E-state index in [1.165, 1.54) is 16.4 Å². The maximum absolute atomic E-state index is 13.3. The van der Waals surface area contributed by atoms with Crippen LogP contribution in [-0.4, -0.2) is 17.4 Å². The fourth-order valence-corrected chi connectivity index (χ4v) is 10.2. The molecule has 1 heterocycles. The van der Waals surface area contributed by atoms with E-state index >= 15 is 0 Å². The van der Waals surface area contributed by atoms with Gasteiger partial charge in [0.05, 0.1) is 0 Å². The van der Waals surface area contributed by atoms with Gasteiger partial charge in [0.1, 0.15) is 5.60 Å². The summed E-state index contributed by atoms with van der Waals surface area (Å²) in [6.07, 6.45) is 2.12. The fourth-order valence-electron chi connectivity index (χ4n) is 4.94. The first-order valence-corrected chi connectivity index (χ1v) is 13.0. The van der Waals surface area contributed by atoms with Crippen molar-refractivity contribution in [3.8, 4) is 0 Å². The first-order chi connectivity index (χ1) is 14.9. The third-order valence-corrected chi connectivity index (χ3v) is 11.0. The maximum atomic E-state index is 13.3. The lowest BCUT2D eigenvalue weighted by Crippen LogP contribution is -2.26. The van der Waals surface area contributed by atoms with Gasteiger partial charge in [0.15, 0.2) is 0 Å². The molecule has 0 N–H and O–H groups in total. The van der Waals surface area contributed by atoms with Crippen molar-refractivity contribution >= 4 is 24.0 Å². The van der Waals surface area contributed by atoms with E-state index in [-0.39, 0.29) is 5.97 Å². The molecule has 0 aliphatic carbocycles. The molecule has 0 bridgehead atoms. The first kappa shape index (κ1) is 21.7. The molecule has 1 fully saturated rings. The third kappa shape index (κ3) is 4.55. The van der Waals surface area contributed by atoms with Crippen LogP contribution in [0.4, 0.5) is 0 Å². The minimum atomic E-state index is -2.11. The van der Waals surface area contributed by atoms with Gasteiger partial charge < -0.3 is 4.74 Å². The number of hydrogen-bond donors (Lipinski definition) is 0. The average Bonchev–Trinajstić information content (AvgIpc) is 3.14. The molecule has 0 saturated carbocycles. The molecule has 1 aliphatic rings. The highest BCUT2D eigenvalue weighted by Gasteiger charge is 2.45. The Morgan fingerprint density at radius 2 is 1.19 bits per heavy atom. The molecule has 1 saturated heterocycles. The molecule has 2 nitrogen and oxygen atoms in total. The zero-order valence-electron chi connectivity index (χ0n) is 18.6. The number of carbonyl (C=O) groups excluding carboxylic acids is 1. The second kappa shape index (κ2) is 8.89. The van der Waals surface area contributed by atoms with Crippen molar-refractivity contribution in [2.75, 3.05) is 0 Å². The zero-order valence-corrected chi connectivity index (χ0v) is 19.5. The van der Waals surface area contributed by atoms with E-state index in [9.17, 15) is 4.79 Å². The molecule has 0 unspecified atom stereocenters. The van der Waals surface area contributed by atoms with Gasteiger partial charge in [-0.05, 0) is 50.0 Å². The van der Waals surface area contributed by atoms with Crippen molar-refractivity contribution in [3.05, 3.63) is 102 Å². The van der Waals surface area contributed by atoms with Crippen molar-refractivity contribution < 1.29 is 9.53 Å². The Morgan fingerprint density at radius 1 is 0.774 bits per heavy atom. The quantitative estimate of drug-likeness (QED) is 0.338. The van der Waals surface area contributed by atoms with Crippen LogP contribution in [-0.2, 0) is 9.53 Å². The van der Waals surface area contributed by atoms with Gasteiger partial charge in [-0.3, -0.25) is 0 Å². The molecule has 4 rings (SSSR count). The standard InChI is InChI=1S/C28H31O2P/c1-28(2,3)30-27(29)21-31(24-17-11-6-12-18-24)25(22-13-7-4-8-14-22)19-20-26(31)23-15-9-5-10-16-23/h4-18,21,25-26H,19-20H2,1-3H3/t25-,26-/m0/s1. The summed E-state index contributed by atoms with van der Waals surface area (Å²) < 4.78 is 5.85.